The Bertz CT molecular complexity index is 1830. The van der Waals surface area contributed by atoms with Gasteiger partial charge < -0.3 is 9.15 Å². The summed E-state index contributed by atoms with van der Waals surface area (Å²) < 4.78 is 52.9. The predicted octanol–water partition coefficient (Wildman–Crippen LogP) is 4.23. The van der Waals surface area contributed by atoms with E-state index in [4.69, 9.17) is 9.15 Å². The number of esters is 1. The Labute approximate surface area is 249 Å². The minimum atomic E-state index is -4.63. The molecular formula is C29H28F3N8O4+. The minimum absolute atomic E-state index is 0.0195. The lowest BCUT2D eigenvalue weighted by molar-refractivity contribution is -0.138. The van der Waals surface area contributed by atoms with Gasteiger partial charge in [-0.3, -0.25) is 4.90 Å². The number of aryl methyl sites for hydroxylation is 1. The van der Waals surface area contributed by atoms with Crippen molar-refractivity contribution in [2.24, 2.45) is 0 Å². The van der Waals surface area contributed by atoms with Gasteiger partial charge in [0.1, 0.15) is 6.04 Å². The molecule has 2 aromatic carbocycles. The second kappa shape index (κ2) is 11.5. The van der Waals surface area contributed by atoms with Crippen LogP contribution in [0.15, 0.2) is 69.3 Å². The average molecular weight is 610 g/mol. The molecule has 228 valence electrons. The lowest BCUT2D eigenvalue weighted by Crippen LogP contribution is -2.42. The van der Waals surface area contributed by atoms with Crippen LogP contribution in [0, 0.1) is 11.3 Å². The van der Waals surface area contributed by atoms with Gasteiger partial charge in [-0.25, -0.2) is 23.7 Å². The van der Waals surface area contributed by atoms with Gasteiger partial charge in [0.2, 0.25) is 12.3 Å². The fraction of sp³-hybridized carbons (Fsp3) is 0.310. The number of carbonyl (C=O) groups is 1. The van der Waals surface area contributed by atoms with Crippen molar-refractivity contribution in [3.63, 3.8) is 0 Å². The number of fused-ring (bicyclic) bond motifs is 1. The van der Waals surface area contributed by atoms with Crippen molar-refractivity contribution in [2.45, 2.75) is 32.0 Å². The number of halogens is 3. The number of H-pyrrole nitrogens is 1. The number of benzene rings is 2. The number of methoxy groups -OCH3 is 1. The van der Waals surface area contributed by atoms with Gasteiger partial charge in [0, 0.05) is 17.8 Å². The van der Waals surface area contributed by atoms with Crippen molar-refractivity contribution >= 4 is 23.6 Å². The smallest absolute Gasteiger partial charge is 0.424 e. The van der Waals surface area contributed by atoms with E-state index >= 15 is 0 Å². The number of nitriles is 1. The molecule has 1 aliphatic rings. The number of quaternary nitrogens is 1. The Morgan fingerprint density at radius 3 is 2.66 bits per heavy atom. The van der Waals surface area contributed by atoms with E-state index in [2.05, 4.69) is 26.5 Å². The molecule has 0 fully saturated rings. The maximum atomic E-state index is 13.6. The second-order valence-corrected chi connectivity index (χ2v) is 10.7. The molecule has 15 heteroatoms. The monoisotopic (exact) mass is 609 g/mol. The Kier molecular flexibility index (Phi) is 7.87. The van der Waals surface area contributed by atoms with Gasteiger partial charge in [-0.15, -0.1) is 10.2 Å². The van der Waals surface area contributed by atoms with Gasteiger partial charge in [-0.2, -0.15) is 18.4 Å². The molecule has 4 aromatic rings. The summed E-state index contributed by atoms with van der Waals surface area (Å²) in [5.74, 6) is -0.804. The Morgan fingerprint density at radius 1 is 1.23 bits per heavy atom. The molecule has 0 amide bonds. The molecule has 5 rings (SSSR count). The molecule has 1 N–H and O–H groups in total. The molecule has 1 aliphatic heterocycles. The number of anilines is 2. The van der Waals surface area contributed by atoms with Gasteiger partial charge in [0.25, 0.3) is 0 Å². The summed E-state index contributed by atoms with van der Waals surface area (Å²) in [7, 11) is 4.99. The first kappa shape index (κ1) is 30.2. The zero-order valence-electron chi connectivity index (χ0n) is 24.2. The first-order valence-electron chi connectivity index (χ1n) is 13.4. The summed E-state index contributed by atoms with van der Waals surface area (Å²) >= 11 is 0. The molecule has 2 aromatic heterocycles. The van der Waals surface area contributed by atoms with E-state index in [1.165, 1.54) is 35.1 Å². The fourth-order valence-electron chi connectivity index (χ4n) is 5.43. The number of aromatic amines is 1. The quantitative estimate of drug-likeness (QED) is 0.229. The molecule has 0 unspecified atom stereocenters. The van der Waals surface area contributed by atoms with Crippen molar-refractivity contribution in [3.8, 4) is 6.07 Å². The molecule has 0 aliphatic carbocycles. The summed E-state index contributed by atoms with van der Waals surface area (Å²) in [4.78, 5) is 28.0. The lowest BCUT2D eigenvalue weighted by Gasteiger charge is -2.36. The third kappa shape index (κ3) is 5.47. The zero-order valence-corrected chi connectivity index (χ0v) is 24.2. The van der Waals surface area contributed by atoms with Crippen LogP contribution in [0.4, 0.5) is 30.8 Å². The topological polar surface area (TPSA) is 143 Å². The van der Waals surface area contributed by atoms with Crippen molar-refractivity contribution in [1.29, 1.82) is 5.26 Å². The number of carbonyl (C=O) groups excluding carboxylic acids is 1. The molecule has 1 atom stereocenters. The van der Waals surface area contributed by atoms with Crippen LogP contribution in [-0.2, 0) is 22.1 Å². The standard InChI is InChI=1S/C29H27F3N8O4/c1-17-23(25(41)43-4)24(39-26(35-36-27(39)42)38(17)21-9-5-8-20(14-21)29(30,31)32)22-11-10-18(15-33)13-19(22)7-6-12-40(2,3)28-37-34-16-44-28/h5,8-11,13-14,16,24H,6-7,12H2,1-4H3/p+1/t24-/m1/s1. The van der Waals surface area contributed by atoms with Crippen LogP contribution in [0.1, 0.15) is 41.6 Å². The fourth-order valence-corrected chi connectivity index (χ4v) is 5.43. The number of hydrogen-bond donors (Lipinski definition) is 1. The van der Waals surface area contributed by atoms with Gasteiger partial charge in [0.15, 0.2) is 0 Å². The molecule has 0 radical (unpaired) electrons. The summed E-state index contributed by atoms with van der Waals surface area (Å²) in [6, 6.07) is 10.9. The van der Waals surface area contributed by atoms with Crippen molar-refractivity contribution in [1.82, 2.24) is 29.4 Å². The number of nitrogens with one attached hydrogen (secondary N) is 1. The van der Waals surface area contributed by atoms with Crippen LogP contribution in [0.5, 0.6) is 0 Å². The number of hydrogen-bond acceptors (Lipinski definition) is 9. The number of rotatable bonds is 8. The third-order valence-corrected chi connectivity index (χ3v) is 7.58. The Balaban J connectivity index is 1.64. The van der Waals surface area contributed by atoms with E-state index in [0.717, 1.165) is 12.1 Å². The number of alkyl halides is 3. The van der Waals surface area contributed by atoms with Crippen LogP contribution < -0.4 is 15.1 Å². The first-order chi connectivity index (χ1) is 20.9. The number of allylic oxidation sites excluding steroid dienone is 1. The van der Waals surface area contributed by atoms with Crippen LogP contribution >= 0.6 is 0 Å². The number of aromatic nitrogens is 5. The van der Waals surface area contributed by atoms with E-state index in [1.807, 2.05) is 14.1 Å². The zero-order chi connectivity index (χ0) is 31.8. The van der Waals surface area contributed by atoms with E-state index in [0.29, 0.717) is 46.6 Å². The summed E-state index contributed by atoms with van der Waals surface area (Å²) in [5.41, 5.74) is 0.256. The Hall–Kier alpha value is -5.23. The van der Waals surface area contributed by atoms with Gasteiger partial charge in [0.05, 0.1) is 50.5 Å². The molecule has 0 spiro atoms. The largest absolute Gasteiger partial charge is 0.466 e. The first-order valence-corrected chi connectivity index (χ1v) is 13.4. The van der Waals surface area contributed by atoms with Crippen LogP contribution in [0.3, 0.4) is 0 Å². The predicted molar refractivity (Wildman–Crippen MR) is 152 cm³/mol. The molecular weight excluding hydrogens is 581 g/mol. The SMILES string of the molecule is COC(=O)C1=C(C)N(c2cccc(C(F)(F)F)c2)c2n[nH]c(=O)n2[C@@H]1c1ccc(C#N)cc1CCC[N+](C)(C)c1nnco1. The summed E-state index contributed by atoms with van der Waals surface area (Å²) in [6.45, 7) is 2.12. The van der Waals surface area contributed by atoms with Crippen molar-refractivity contribution in [3.05, 3.63) is 92.9 Å². The number of nitrogens with zero attached hydrogens (tertiary/aromatic N) is 7. The third-order valence-electron chi connectivity index (χ3n) is 7.58. The number of ether oxygens (including phenoxy) is 1. The molecule has 44 heavy (non-hydrogen) atoms. The van der Waals surface area contributed by atoms with E-state index in [9.17, 15) is 28.0 Å². The molecule has 0 saturated heterocycles. The van der Waals surface area contributed by atoms with Crippen LogP contribution in [0.25, 0.3) is 0 Å². The van der Waals surface area contributed by atoms with Gasteiger partial charge >= 0.3 is 23.9 Å². The highest BCUT2D eigenvalue weighted by Crippen LogP contribution is 2.43. The highest BCUT2D eigenvalue weighted by atomic mass is 19.4. The van der Waals surface area contributed by atoms with E-state index in [1.54, 1.807) is 25.1 Å². The molecule has 12 nitrogen and oxygen atoms in total. The van der Waals surface area contributed by atoms with Gasteiger partial charge in [-0.05, 0) is 54.8 Å². The molecule has 0 bridgehead atoms. The molecule has 0 saturated carbocycles. The van der Waals surface area contributed by atoms with Crippen molar-refractivity contribution in [2.75, 3.05) is 32.6 Å². The van der Waals surface area contributed by atoms with Crippen molar-refractivity contribution < 1.29 is 27.1 Å². The summed E-state index contributed by atoms with van der Waals surface area (Å²) in [5, 5.41) is 23.9. The van der Waals surface area contributed by atoms with E-state index in [-0.39, 0.29) is 22.9 Å². The van der Waals surface area contributed by atoms with E-state index < -0.39 is 29.4 Å². The summed E-state index contributed by atoms with van der Waals surface area (Å²) in [6.07, 6.45) is -2.36. The maximum Gasteiger partial charge on any atom is 0.424 e. The lowest BCUT2D eigenvalue weighted by atomic mass is 9.88. The van der Waals surface area contributed by atoms with Crippen LogP contribution in [0.2, 0.25) is 0 Å². The highest BCUT2D eigenvalue weighted by molar-refractivity contribution is 5.93. The Morgan fingerprint density at radius 2 is 2.00 bits per heavy atom. The average Bonchev–Trinajstić information content (AvgIpc) is 3.67. The second-order valence-electron chi connectivity index (χ2n) is 10.7. The highest BCUT2D eigenvalue weighted by Gasteiger charge is 2.41. The van der Waals surface area contributed by atoms with Gasteiger partial charge in [-0.1, -0.05) is 17.2 Å². The normalized spacial score (nSPS) is 15.2. The molecule has 3 heterocycles. The minimum Gasteiger partial charge on any atom is -0.466 e. The van der Waals surface area contributed by atoms with Crippen LogP contribution in [-0.4, -0.2) is 58.7 Å². The maximum absolute atomic E-state index is 13.6.